The summed E-state index contributed by atoms with van der Waals surface area (Å²) in [4.78, 5) is 36.6. The summed E-state index contributed by atoms with van der Waals surface area (Å²) in [6.07, 6.45) is 0.767. The van der Waals surface area contributed by atoms with Crippen molar-refractivity contribution in [2.24, 2.45) is 5.92 Å². The van der Waals surface area contributed by atoms with E-state index in [1.54, 1.807) is 6.07 Å². The van der Waals surface area contributed by atoms with E-state index in [4.69, 9.17) is 0 Å². The quantitative estimate of drug-likeness (QED) is 0.667. The van der Waals surface area contributed by atoms with Crippen LogP contribution in [0.5, 0.6) is 5.88 Å². The lowest BCUT2D eigenvalue weighted by molar-refractivity contribution is -0.154. The number of nitrogens with zero attached hydrogens (tertiary/aromatic N) is 3. The Morgan fingerprint density at radius 3 is 2.60 bits per heavy atom. The van der Waals surface area contributed by atoms with Crippen molar-refractivity contribution >= 4 is 11.7 Å². The molecule has 30 heavy (non-hydrogen) atoms. The molecule has 1 saturated carbocycles. The van der Waals surface area contributed by atoms with E-state index >= 15 is 0 Å². The lowest BCUT2D eigenvalue weighted by Gasteiger charge is -2.17. The highest BCUT2D eigenvalue weighted by atomic mass is 19.4. The molecular weight excluding hydrogens is 401 g/mol. The molecule has 0 spiro atoms. The van der Waals surface area contributed by atoms with E-state index in [2.05, 4.69) is 25.0 Å². The number of carbonyl (C=O) groups is 2. The van der Waals surface area contributed by atoms with E-state index in [0.29, 0.717) is 17.8 Å². The fourth-order valence-electron chi connectivity index (χ4n) is 2.81. The minimum Gasteiger partial charge on any atom is -0.468 e. The summed E-state index contributed by atoms with van der Waals surface area (Å²) in [5.74, 6) is -0.121. The third-order valence-corrected chi connectivity index (χ3v) is 4.56. The molecule has 160 valence electrons. The number of ketones is 1. The molecule has 1 unspecified atom stereocenters. The van der Waals surface area contributed by atoms with Gasteiger partial charge in [0.25, 0.3) is 5.91 Å². The predicted octanol–water partition coefficient (Wildman–Crippen LogP) is 3.22. The molecule has 1 amide bonds. The van der Waals surface area contributed by atoms with Gasteiger partial charge in [0, 0.05) is 24.4 Å². The molecule has 2 heterocycles. The zero-order valence-electron chi connectivity index (χ0n) is 16.3. The Hall–Kier alpha value is -3.04. The second-order valence-electron chi connectivity index (χ2n) is 7.04. The minimum absolute atomic E-state index is 0.0814. The third-order valence-electron chi connectivity index (χ3n) is 4.56. The molecule has 2 aromatic heterocycles. The van der Waals surface area contributed by atoms with Crippen molar-refractivity contribution in [3.05, 3.63) is 47.7 Å². The van der Waals surface area contributed by atoms with Crippen LogP contribution >= 0.6 is 0 Å². The van der Waals surface area contributed by atoms with Crippen LogP contribution < -0.4 is 10.1 Å². The number of Topliss-reactive ketones (excluding diaryl/α,β-unsaturated/α-hetero) is 1. The Bertz CT molecular complexity index is 899. The molecule has 3 rings (SSSR count). The van der Waals surface area contributed by atoms with Gasteiger partial charge in [0.2, 0.25) is 5.88 Å². The molecule has 2 aromatic rings. The van der Waals surface area contributed by atoms with Crippen LogP contribution in [0.25, 0.3) is 0 Å². The van der Waals surface area contributed by atoms with Crippen molar-refractivity contribution in [1.29, 1.82) is 0 Å². The van der Waals surface area contributed by atoms with Gasteiger partial charge in [-0.25, -0.2) is 15.0 Å². The molecule has 1 N–H and O–H groups in total. The van der Waals surface area contributed by atoms with Gasteiger partial charge < -0.3 is 10.1 Å². The molecule has 0 saturated heterocycles. The van der Waals surface area contributed by atoms with Gasteiger partial charge >= 0.3 is 6.18 Å². The van der Waals surface area contributed by atoms with Gasteiger partial charge in [-0.05, 0) is 30.9 Å². The molecule has 1 atom stereocenters. The van der Waals surface area contributed by atoms with Gasteiger partial charge in [-0.2, -0.15) is 13.2 Å². The number of carbonyl (C=O) groups excluding carboxylic acids is 2. The van der Waals surface area contributed by atoms with E-state index in [1.807, 2.05) is 6.92 Å². The number of amides is 1. The van der Waals surface area contributed by atoms with Gasteiger partial charge in [0.1, 0.15) is 17.3 Å². The average Bonchev–Trinajstić information content (AvgIpc) is 3.56. The summed E-state index contributed by atoms with van der Waals surface area (Å²) < 4.78 is 41.2. The van der Waals surface area contributed by atoms with Crippen LogP contribution in [0.2, 0.25) is 0 Å². The molecule has 7 nitrogen and oxygen atoms in total. The molecule has 0 radical (unpaired) electrons. The Morgan fingerprint density at radius 1 is 1.23 bits per heavy atom. The normalized spacial score (nSPS) is 14.8. The van der Waals surface area contributed by atoms with Crippen molar-refractivity contribution in [2.45, 2.75) is 44.8 Å². The first-order chi connectivity index (χ1) is 14.2. The number of nitrogens with one attached hydrogen (secondary N) is 1. The first-order valence-electron chi connectivity index (χ1n) is 9.56. The van der Waals surface area contributed by atoms with Gasteiger partial charge in [-0.15, -0.1) is 0 Å². The van der Waals surface area contributed by atoms with Crippen molar-refractivity contribution in [2.75, 3.05) is 6.61 Å². The first-order valence-corrected chi connectivity index (χ1v) is 9.56. The molecule has 0 aromatic carbocycles. The van der Waals surface area contributed by atoms with Gasteiger partial charge in [0.15, 0.2) is 6.61 Å². The topological polar surface area (TPSA) is 94.1 Å². The van der Waals surface area contributed by atoms with Crippen molar-refractivity contribution < 1.29 is 27.5 Å². The summed E-state index contributed by atoms with van der Waals surface area (Å²) in [7, 11) is 0. The lowest BCUT2D eigenvalue weighted by Crippen LogP contribution is -2.29. The first kappa shape index (κ1) is 21.7. The number of hydrogen-bond donors (Lipinski definition) is 1. The van der Waals surface area contributed by atoms with Crippen LogP contribution in [0.3, 0.4) is 0 Å². The predicted molar refractivity (Wildman–Crippen MR) is 99.8 cm³/mol. The number of halogens is 3. The number of hydrogen-bond acceptors (Lipinski definition) is 6. The number of ether oxygens (including phenoxy) is 1. The standard InChI is InChI=1S/C20H21F3N4O3/c1-2-14(13-5-6-18(25-10-13)30-11-20(21,22)23)27-19(29)15-7-8-24-17(26-15)9-16(28)12-3-4-12/h5-8,10,12,14H,2-4,9,11H2,1H3,(H,27,29). The number of alkyl halides is 3. The molecule has 0 bridgehead atoms. The second kappa shape index (κ2) is 9.19. The fourth-order valence-corrected chi connectivity index (χ4v) is 2.81. The van der Waals surface area contributed by atoms with E-state index in [-0.39, 0.29) is 29.7 Å². The van der Waals surface area contributed by atoms with Crippen LogP contribution in [0, 0.1) is 5.92 Å². The van der Waals surface area contributed by atoms with Crippen LogP contribution in [-0.2, 0) is 11.2 Å². The maximum atomic E-state index is 12.6. The van der Waals surface area contributed by atoms with Gasteiger partial charge in [-0.1, -0.05) is 13.0 Å². The number of pyridine rings is 1. The van der Waals surface area contributed by atoms with E-state index in [9.17, 15) is 22.8 Å². The van der Waals surface area contributed by atoms with Crippen molar-refractivity contribution in [1.82, 2.24) is 20.3 Å². The highest BCUT2D eigenvalue weighted by Crippen LogP contribution is 2.30. The van der Waals surface area contributed by atoms with Crippen LogP contribution in [-0.4, -0.2) is 39.4 Å². The summed E-state index contributed by atoms with van der Waals surface area (Å²) in [5, 5.41) is 2.82. The SMILES string of the molecule is CCC(NC(=O)c1ccnc(CC(=O)C2CC2)n1)c1ccc(OCC(F)(F)F)nc1. The maximum absolute atomic E-state index is 12.6. The summed E-state index contributed by atoms with van der Waals surface area (Å²) in [5.41, 5.74) is 0.753. The molecular formula is C20H21F3N4O3. The summed E-state index contributed by atoms with van der Waals surface area (Å²) in [6, 6.07) is 3.90. The van der Waals surface area contributed by atoms with Crippen LogP contribution in [0.15, 0.2) is 30.6 Å². The highest BCUT2D eigenvalue weighted by Gasteiger charge is 2.30. The molecule has 1 fully saturated rings. The summed E-state index contributed by atoms with van der Waals surface area (Å²) in [6.45, 7) is 0.422. The summed E-state index contributed by atoms with van der Waals surface area (Å²) >= 11 is 0. The Balaban J connectivity index is 1.62. The number of rotatable bonds is 9. The van der Waals surface area contributed by atoms with E-state index in [0.717, 1.165) is 12.8 Å². The average molecular weight is 422 g/mol. The van der Waals surface area contributed by atoms with Crippen molar-refractivity contribution in [3.8, 4) is 5.88 Å². The highest BCUT2D eigenvalue weighted by molar-refractivity contribution is 5.92. The van der Waals surface area contributed by atoms with E-state index in [1.165, 1.54) is 24.5 Å². The monoisotopic (exact) mass is 422 g/mol. The minimum atomic E-state index is -4.44. The maximum Gasteiger partial charge on any atom is 0.422 e. The van der Waals surface area contributed by atoms with Gasteiger partial charge in [0.05, 0.1) is 12.5 Å². The smallest absolute Gasteiger partial charge is 0.422 e. The van der Waals surface area contributed by atoms with E-state index < -0.39 is 24.7 Å². The molecule has 0 aliphatic heterocycles. The zero-order valence-corrected chi connectivity index (χ0v) is 16.3. The lowest BCUT2D eigenvalue weighted by atomic mass is 10.1. The Morgan fingerprint density at radius 2 is 2.00 bits per heavy atom. The third kappa shape index (κ3) is 6.23. The molecule has 1 aliphatic carbocycles. The van der Waals surface area contributed by atoms with Crippen LogP contribution in [0.4, 0.5) is 13.2 Å². The van der Waals surface area contributed by atoms with Gasteiger partial charge in [-0.3, -0.25) is 9.59 Å². The molecule has 1 aliphatic rings. The molecule has 10 heteroatoms. The fraction of sp³-hybridized carbons (Fsp3) is 0.450. The number of aromatic nitrogens is 3. The Kier molecular flexibility index (Phi) is 6.63. The largest absolute Gasteiger partial charge is 0.468 e. The van der Waals surface area contributed by atoms with Crippen molar-refractivity contribution in [3.63, 3.8) is 0 Å². The van der Waals surface area contributed by atoms with Crippen LogP contribution in [0.1, 0.15) is 54.1 Å². The Labute approximate surface area is 171 Å². The zero-order chi connectivity index (χ0) is 21.7. The second-order valence-corrected chi connectivity index (χ2v) is 7.04.